The Hall–Kier alpha value is -5.09. The molecule has 2 fully saturated rings. The van der Waals surface area contributed by atoms with Crippen LogP contribution in [0.3, 0.4) is 0 Å². The van der Waals surface area contributed by atoms with E-state index >= 15 is 0 Å². The number of carbonyl (C=O) groups excluding carboxylic acids is 6. The number of Topliss-reactive ketones (excluding diaryl/α,β-unsaturated/α-hetero) is 1. The van der Waals surface area contributed by atoms with Crippen molar-refractivity contribution in [3.63, 3.8) is 0 Å². The Kier molecular flexibility index (Phi) is 20.9. The lowest BCUT2D eigenvalue weighted by Crippen LogP contribution is -2.42. The van der Waals surface area contributed by atoms with E-state index in [9.17, 15) is 33.6 Å². The number of esters is 2. The minimum Gasteiger partial charge on any atom is -0.481 e. The van der Waals surface area contributed by atoms with Crippen molar-refractivity contribution in [3.05, 3.63) is 23.8 Å². The highest BCUT2D eigenvalue weighted by Crippen LogP contribution is 2.30. The van der Waals surface area contributed by atoms with Crippen molar-refractivity contribution in [3.8, 4) is 11.5 Å². The molecule has 2 heterocycles. The van der Waals surface area contributed by atoms with Gasteiger partial charge in [-0.3, -0.25) is 14.4 Å². The first kappa shape index (κ1) is 55.0. The molecule has 0 unspecified atom stereocenters. The van der Waals surface area contributed by atoms with Gasteiger partial charge in [0.25, 0.3) is 0 Å². The van der Waals surface area contributed by atoms with E-state index in [-0.39, 0.29) is 60.3 Å². The van der Waals surface area contributed by atoms with Gasteiger partial charge in [0.2, 0.25) is 5.91 Å². The number of aliphatic carboxylic acids is 1. The Morgan fingerprint density at radius 1 is 0.594 bits per heavy atom. The molecule has 0 spiro atoms. The first-order chi connectivity index (χ1) is 29.4. The van der Waals surface area contributed by atoms with Crippen LogP contribution in [0, 0.1) is 11.8 Å². The van der Waals surface area contributed by atoms with Crippen molar-refractivity contribution in [2.75, 3.05) is 53.0 Å². The van der Waals surface area contributed by atoms with Gasteiger partial charge in [-0.2, -0.15) is 0 Å². The summed E-state index contributed by atoms with van der Waals surface area (Å²) in [6.45, 7) is 22.9. The summed E-state index contributed by atoms with van der Waals surface area (Å²) in [7, 11) is 1.57. The van der Waals surface area contributed by atoms with Gasteiger partial charge in [0.1, 0.15) is 22.4 Å². The normalized spacial score (nSPS) is 15.2. The molecule has 17 heteroatoms. The molecule has 1 N–H and O–H groups in total. The van der Waals surface area contributed by atoms with Crippen molar-refractivity contribution in [1.29, 1.82) is 0 Å². The number of ketones is 1. The zero-order valence-corrected chi connectivity index (χ0v) is 40.6. The molecule has 0 saturated carbocycles. The maximum absolute atomic E-state index is 13.2. The number of benzene rings is 1. The second-order valence-corrected chi connectivity index (χ2v) is 20.4. The quantitative estimate of drug-likeness (QED) is 0.102. The van der Waals surface area contributed by atoms with E-state index < -0.39 is 53.5 Å². The molecule has 0 aromatic heterocycles. The Balaban J connectivity index is 0.000000651. The first-order valence-electron chi connectivity index (χ1n) is 22.2. The number of amides is 3. The number of carbonyl (C=O) groups is 7. The van der Waals surface area contributed by atoms with Gasteiger partial charge >= 0.3 is 30.1 Å². The molecule has 1 aromatic rings. The molecular weight excluding hydrogens is 831 g/mol. The number of carboxylic acid groups (broad SMARTS) is 1. The van der Waals surface area contributed by atoms with Gasteiger partial charge in [-0.05, 0) is 152 Å². The summed E-state index contributed by atoms with van der Waals surface area (Å²) in [5, 5.41) is 8.63. The predicted molar refractivity (Wildman–Crippen MR) is 238 cm³/mol. The lowest BCUT2D eigenvalue weighted by molar-refractivity contribution is -0.158. The number of likely N-dealkylation sites (tertiary alicyclic amines) is 2. The molecule has 2 aliphatic heterocycles. The molecule has 2 aliphatic rings. The molecule has 0 atom stereocenters. The van der Waals surface area contributed by atoms with Crippen LogP contribution in [0.25, 0.3) is 0 Å². The topological polar surface area (TPSA) is 205 Å². The fourth-order valence-corrected chi connectivity index (χ4v) is 6.63. The predicted octanol–water partition coefficient (Wildman–Crippen LogP) is 7.69. The number of nitrogens with zero attached hydrogens (tertiary/aromatic N) is 3. The van der Waals surface area contributed by atoms with Gasteiger partial charge in [-0.15, -0.1) is 0 Å². The highest BCUT2D eigenvalue weighted by atomic mass is 16.6. The Bertz CT molecular complexity index is 1740. The van der Waals surface area contributed by atoms with Crippen molar-refractivity contribution >= 4 is 41.8 Å². The summed E-state index contributed by atoms with van der Waals surface area (Å²) >= 11 is 0. The largest absolute Gasteiger partial charge is 0.481 e. The van der Waals surface area contributed by atoms with E-state index in [1.54, 1.807) is 58.4 Å². The van der Waals surface area contributed by atoms with E-state index in [4.69, 9.17) is 33.5 Å². The van der Waals surface area contributed by atoms with Gasteiger partial charge in [0.05, 0.1) is 6.54 Å². The van der Waals surface area contributed by atoms with Crippen molar-refractivity contribution in [1.82, 2.24) is 14.7 Å². The molecule has 0 bridgehead atoms. The highest BCUT2D eigenvalue weighted by Gasteiger charge is 2.29. The summed E-state index contributed by atoms with van der Waals surface area (Å²) in [4.78, 5) is 89.9. The number of hydrogen-bond acceptors (Lipinski definition) is 13. The van der Waals surface area contributed by atoms with E-state index in [2.05, 4.69) is 0 Å². The third-order valence-corrected chi connectivity index (χ3v) is 9.67. The molecule has 3 rings (SSSR count). The summed E-state index contributed by atoms with van der Waals surface area (Å²) in [5.74, 6) is -1.57. The third-order valence-electron chi connectivity index (χ3n) is 9.67. The second kappa shape index (κ2) is 24.3. The summed E-state index contributed by atoms with van der Waals surface area (Å²) in [6, 6.07) is 4.38. The molecule has 3 amide bonds. The Morgan fingerprint density at radius 2 is 0.984 bits per heavy atom. The van der Waals surface area contributed by atoms with Crippen molar-refractivity contribution < 1.29 is 67.1 Å². The van der Waals surface area contributed by atoms with Crippen LogP contribution in [0.5, 0.6) is 11.5 Å². The van der Waals surface area contributed by atoms with Crippen LogP contribution in [0.1, 0.15) is 145 Å². The number of carboxylic acids is 1. The fraction of sp³-hybridized carbons (Fsp3) is 0.723. The maximum Gasteiger partial charge on any atom is 0.410 e. The van der Waals surface area contributed by atoms with E-state index in [1.165, 1.54) is 23.1 Å². The van der Waals surface area contributed by atoms with Gasteiger partial charge < -0.3 is 48.2 Å². The molecular formula is C47H75N3O14. The van der Waals surface area contributed by atoms with Gasteiger partial charge in [0.15, 0.2) is 30.5 Å². The lowest BCUT2D eigenvalue weighted by Gasteiger charge is -2.33. The van der Waals surface area contributed by atoms with Gasteiger partial charge in [-0.25, -0.2) is 19.2 Å². The zero-order chi connectivity index (χ0) is 48.6. The number of ether oxygens (including phenoxy) is 6. The maximum atomic E-state index is 13.2. The van der Waals surface area contributed by atoms with E-state index in [0.29, 0.717) is 50.9 Å². The minimum absolute atomic E-state index is 0.0620. The highest BCUT2D eigenvalue weighted by molar-refractivity contribution is 5.99. The minimum atomic E-state index is -0.746. The Labute approximate surface area is 379 Å². The number of likely N-dealkylation sites (N-methyl/N-ethyl adjacent to an activating group) is 1. The van der Waals surface area contributed by atoms with E-state index in [0.717, 1.165) is 25.7 Å². The van der Waals surface area contributed by atoms with Crippen LogP contribution < -0.4 is 9.47 Å². The lowest BCUT2D eigenvalue weighted by atomic mass is 9.92. The SMILES string of the molecule is CC(C)(C)OC(=O)N1CCC(CCC(=O)O)CC1.CN(CC(=O)c1ccc(OCC(=O)OC(C)(C)C)c(OCC(=O)OC(C)(C)C)c1)C(=O)CCC1CCN(C(=O)OC(C)(C)C)CC1. The smallest absolute Gasteiger partial charge is 0.410 e. The summed E-state index contributed by atoms with van der Waals surface area (Å²) in [6.07, 6.45) is 4.58. The molecule has 2 saturated heterocycles. The second-order valence-electron chi connectivity index (χ2n) is 20.4. The average molecular weight is 906 g/mol. The van der Waals surface area contributed by atoms with Crippen LogP contribution in [0.2, 0.25) is 0 Å². The fourth-order valence-electron chi connectivity index (χ4n) is 6.63. The van der Waals surface area contributed by atoms with Crippen LogP contribution in [-0.4, -0.2) is 137 Å². The van der Waals surface area contributed by atoms with E-state index in [1.807, 2.05) is 41.5 Å². The average Bonchev–Trinajstić information content (AvgIpc) is 3.15. The van der Waals surface area contributed by atoms with Crippen LogP contribution in [0.15, 0.2) is 18.2 Å². The molecule has 17 nitrogen and oxygen atoms in total. The number of hydrogen-bond donors (Lipinski definition) is 1. The summed E-state index contributed by atoms with van der Waals surface area (Å²) < 4.78 is 32.6. The van der Waals surface area contributed by atoms with Crippen LogP contribution in [-0.2, 0) is 38.1 Å². The van der Waals surface area contributed by atoms with Crippen molar-refractivity contribution in [2.45, 2.75) is 157 Å². The molecule has 1 aromatic carbocycles. The van der Waals surface area contributed by atoms with Crippen LogP contribution >= 0.6 is 0 Å². The third kappa shape index (κ3) is 23.0. The number of piperidine rings is 2. The molecule has 0 aliphatic carbocycles. The standard InChI is InChI=1S/C34H52N2O10.C13H23NO4/c1-32(2,3)44-29(39)21-42-26-13-12-24(19-27(26)43-22-30(40)45-33(4,5)6)25(37)20-35(10)28(38)14-11-23-15-17-36(18-16-23)31(41)46-34(7,8)9;1-13(2,3)18-12(17)14-8-6-10(7-9-14)4-5-11(15)16/h12-13,19,23H,11,14-18,20-22H2,1-10H3;10H,4-9H2,1-3H3,(H,15,16). The Morgan fingerprint density at radius 3 is 1.38 bits per heavy atom. The number of rotatable bonds is 15. The van der Waals surface area contributed by atoms with Crippen molar-refractivity contribution in [2.24, 2.45) is 11.8 Å². The zero-order valence-electron chi connectivity index (χ0n) is 40.6. The van der Waals surface area contributed by atoms with Gasteiger partial charge in [-0.1, -0.05) is 0 Å². The van der Waals surface area contributed by atoms with Gasteiger partial charge in [0, 0.05) is 51.6 Å². The first-order valence-corrected chi connectivity index (χ1v) is 22.2. The monoisotopic (exact) mass is 906 g/mol. The summed E-state index contributed by atoms with van der Waals surface area (Å²) in [5.41, 5.74) is -2.19. The van der Waals surface area contributed by atoms with Crippen LogP contribution in [0.4, 0.5) is 9.59 Å². The molecule has 0 radical (unpaired) electrons. The molecule has 362 valence electrons. The molecule has 64 heavy (non-hydrogen) atoms.